The molecule has 0 bridgehead atoms. The molecule has 3 nitrogen and oxygen atoms in total. The van der Waals surface area contributed by atoms with E-state index < -0.39 is 5.60 Å². The maximum atomic E-state index is 12.0. The summed E-state index contributed by atoms with van der Waals surface area (Å²) in [4.78, 5) is 12.0. The molecule has 1 aliphatic carbocycles. The number of ether oxygens (including phenoxy) is 1. The Hall–Kier alpha value is -0.570. The minimum atomic E-state index is -0.875. The van der Waals surface area contributed by atoms with Crippen LogP contribution in [0.25, 0.3) is 0 Å². The van der Waals surface area contributed by atoms with Crippen molar-refractivity contribution in [1.29, 1.82) is 0 Å². The zero-order chi connectivity index (χ0) is 13.8. The molecule has 0 radical (unpaired) electrons. The third kappa shape index (κ3) is 3.05. The van der Waals surface area contributed by atoms with E-state index in [1.54, 1.807) is 0 Å². The molecule has 1 aliphatic rings. The quantitative estimate of drug-likeness (QED) is 0.769. The van der Waals surface area contributed by atoms with Crippen LogP contribution in [0, 0.1) is 17.8 Å². The van der Waals surface area contributed by atoms with E-state index in [-0.39, 0.29) is 17.8 Å². The first-order valence-electron chi connectivity index (χ1n) is 7.27. The summed E-state index contributed by atoms with van der Waals surface area (Å²) < 4.78 is 4.91. The molecular weight excluding hydrogens is 228 g/mol. The molecule has 0 aliphatic heterocycles. The number of rotatable bonds is 5. The predicted molar refractivity (Wildman–Crippen MR) is 72.2 cm³/mol. The van der Waals surface area contributed by atoms with E-state index in [2.05, 4.69) is 20.8 Å². The van der Waals surface area contributed by atoms with Gasteiger partial charge in [0.25, 0.3) is 0 Å². The van der Waals surface area contributed by atoms with Crippen LogP contribution in [0.2, 0.25) is 0 Å². The van der Waals surface area contributed by atoms with Gasteiger partial charge in [-0.05, 0) is 24.7 Å². The molecule has 0 aromatic heterocycles. The number of carbonyl (C=O) groups excluding carboxylic acids is 1. The average Bonchev–Trinajstić information content (AvgIpc) is 2.36. The van der Waals surface area contributed by atoms with Crippen LogP contribution in [0.15, 0.2) is 0 Å². The van der Waals surface area contributed by atoms with Crippen molar-refractivity contribution >= 4 is 5.97 Å². The Labute approximate surface area is 111 Å². The largest absolute Gasteiger partial charge is 0.469 e. The van der Waals surface area contributed by atoms with Gasteiger partial charge in [0.15, 0.2) is 0 Å². The van der Waals surface area contributed by atoms with Gasteiger partial charge in [0.2, 0.25) is 0 Å². The molecule has 106 valence electrons. The van der Waals surface area contributed by atoms with Gasteiger partial charge >= 0.3 is 5.97 Å². The Balaban J connectivity index is 2.90. The third-order valence-corrected chi connectivity index (χ3v) is 4.81. The molecule has 0 spiro atoms. The van der Waals surface area contributed by atoms with Crippen LogP contribution in [-0.4, -0.2) is 23.8 Å². The Bertz CT molecular complexity index is 277. The summed E-state index contributed by atoms with van der Waals surface area (Å²) in [6.45, 7) is 6.35. The van der Waals surface area contributed by atoms with Crippen LogP contribution in [0.3, 0.4) is 0 Å². The average molecular weight is 256 g/mol. The van der Waals surface area contributed by atoms with Gasteiger partial charge in [0.05, 0.1) is 18.6 Å². The highest BCUT2D eigenvalue weighted by atomic mass is 16.5. The van der Waals surface area contributed by atoms with Crippen molar-refractivity contribution in [3.8, 4) is 0 Å². The Morgan fingerprint density at radius 2 is 2.17 bits per heavy atom. The van der Waals surface area contributed by atoms with E-state index in [0.29, 0.717) is 5.92 Å². The lowest BCUT2D eigenvalue weighted by Gasteiger charge is -2.45. The Kier molecular flexibility index (Phi) is 5.64. The lowest BCUT2D eigenvalue weighted by Crippen LogP contribution is -2.52. The molecular formula is C15H28O3. The number of aliphatic hydroxyl groups is 1. The fraction of sp³-hybridized carbons (Fsp3) is 0.933. The SMILES string of the molecule is CCCCC(C(=O)OC)C1(O)CCCC(C)C1C. The normalized spacial score (nSPS) is 34.1. The zero-order valence-corrected chi connectivity index (χ0v) is 12.2. The van der Waals surface area contributed by atoms with E-state index in [9.17, 15) is 9.90 Å². The van der Waals surface area contributed by atoms with Crippen LogP contribution in [0.5, 0.6) is 0 Å². The highest BCUT2D eigenvalue weighted by Crippen LogP contribution is 2.44. The molecule has 0 amide bonds. The summed E-state index contributed by atoms with van der Waals surface area (Å²) in [6.07, 6.45) is 5.60. The van der Waals surface area contributed by atoms with Crippen molar-refractivity contribution in [2.24, 2.45) is 17.8 Å². The van der Waals surface area contributed by atoms with Gasteiger partial charge in [-0.2, -0.15) is 0 Å². The summed E-state index contributed by atoms with van der Waals surface area (Å²) in [5, 5.41) is 11.0. The molecule has 4 unspecified atom stereocenters. The molecule has 18 heavy (non-hydrogen) atoms. The molecule has 0 heterocycles. The van der Waals surface area contributed by atoms with E-state index in [1.807, 2.05) is 0 Å². The van der Waals surface area contributed by atoms with E-state index >= 15 is 0 Å². The highest BCUT2D eigenvalue weighted by molar-refractivity contribution is 5.73. The minimum Gasteiger partial charge on any atom is -0.469 e. The first-order chi connectivity index (χ1) is 8.47. The number of carbonyl (C=O) groups is 1. The van der Waals surface area contributed by atoms with Crippen LogP contribution in [-0.2, 0) is 9.53 Å². The molecule has 1 fully saturated rings. The molecule has 1 N–H and O–H groups in total. The van der Waals surface area contributed by atoms with Crippen LogP contribution in [0.1, 0.15) is 59.3 Å². The molecule has 1 rings (SSSR count). The van der Waals surface area contributed by atoms with E-state index in [4.69, 9.17) is 4.74 Å². The van der Waals surface area contributed by atoms with Gasteiger partial charge < -0.3 is 9.84 Å². The maximum absolute atomic E-state index is 12.0. The van der Waals surface area contributed by atoms with Gasteiger partial charge in [0, 0.05) is 0 Å². The molecule has 0 saturated heterocycles. The predicted octanol–water partition coefficient (Wildman–Crippen LogP) is 3.15. The number of unbranched alkanes of at least 4 members (excludes halogenated alkanes) is 1. The van der Waals surface area contributed by atoms with Gasteiger partial charge in [-0.15, -0.1) is 0 Å². The first kappa shape index (κ1) is 15.5. The molecule has 3 heteroatoms. The second-order valence-electron chi connectivity index (χ2n) is 5.87. The zero-order valence-electron chi connectivity index (χ0n) is 12.2. The fourth-order valence-corrected chi connectivity index (χ4v) is 3.29. The van der Waals surface area contributed by atoms with Crippen LogP contribution < -0.4 is 0 Å². The smallest absolute Gasteiger partial charge is 0.311 e. The summed E-state index contributed by atoms with van der Waals surface area (Å²) in [5.74, 6) is 0.0249. The minimum absolute atomic E-state index is 0.159. The van der Waals surface area contributed by atoms with Crippen molar-refractivity contribution in [2.75, 3.05) is 7.11 Å². The van der Waals surface area contributed by atoms with Crippen molar-refractivity contribution in [3.63, 3.8) is 0 Å². The number of esters is 1. The summed E-state index contributed by atoms with van der Waals surface area (Å²) >= 11 is 0. The van der Waals surface area contributed by atoms with E-state index in [1.165, 1.54) is 7.11 Å². The first-order valence-corrected chi connectivity index (χ1v) is 7.27. The van der Waals surface area contributed by atoms with Gasteiger partial charge in [0.1, 0.15) is 0 Å². The van der Waals surface area contributed by atoms with Crippen LogP contribution in [0.4, 0.5) is 0 Å². The van der Waals surface area contributed by atoms with Crippen molar-refractivity contribution in [1.82, 2.24) is 0 Å². The van der Waals surface area contributed by atoms with Crippen LogP contribution >= 0.6 is 0 Å². The number of hydrogen-bond acceptors (Lipinski definition) is 3. The van der Waals surface area contributed by atoms with Gasteiger partial charge in [-0.1, -0.05) is 46.5 Å². The summed E-state index contributed by atoms with van der Waals surface area (Å²) in [7, 11) is 1.42. The van der Waals surface area contributed by atoms with Crippen molar-refractivity contribution < 1.29 is 14.6 Å². The number of hydrogen-bond donors (Lipinski definition) is 1. The second kappa shape index (κ2) is 6.55. The van der Waals surface area contributed by atoms with Gasteiger partial charge in [-0.25, -0.2) is 0 Å². The molecule has 4 atom stereocenters. The lowest BCUT2D eigenvalue weighted by atomic mass is 9.64. The Morgan fingerprint density at radius 3 is 2.72 bits per heavy atom. The van der Waals surface area contributed by atoms with Gasteiger partial charge in [-0.3, -0.25) is 4.79 Å². The lowest BCUT2D eigenvalue weighted by molar-refractivity contribution is -0.168. The Morgan fingerprint density at radius 1 is 1.50 bits per heavy atom. The van der Waals surface area contributed by atoms with Crippen molar-refractivity contribution in [3.05, 3.63) is 0 Å². The van der Waals surface area contributed by atoms with Crippen molar-refractivity contribution in [2.45, 2.75) is 64.9 Å². The summed E-state index contributed by atoms with van der Waals surface area (Å²) in [6, 6.07) is 0. The topological polar surface area (TPSA) is 46.5 Å². The molecule has 1 saturated carbocycles. The highest BCUT2D eigenvalue weighted by Gasteiger charge is 2.48. The van der Waals surface area contributed by atoms with E-state index in [0.717, 1.165) is 38.5 Å². The standard InChI is InChI=1S/C15H28O3/c1-5-6-9-13(14(16)18-4)15(17)10-7-8-11(2)12(15)3/h11-13,17H,5-10H2,1-4H3. The summed E-state index contributed by atoms with van der Waals surface area (Å²) in [5.41, 5.74) is -0.875. The second-order valence-corrected chi connectivity index (χ2v) is 5.87. The fourth-order valence-electron chi connectivity index (χ4n) is 3.29. The molecule has 0 aromatic rings. The monoisotopic (exact) mass is 256 g/mol. The molecule has 0 aromatic carbocycles. The maximum Gasteiger partial charge on any atom is 0.311 e. The number of methoxy groups -OCH3 is 1. The third-order valence-electron chi connectivity index (χ3n) is 4.81.